The Balaban J connectivity index is 3.44. The van der Waals surface area contributed by atoms with E-state index in [2.05, 4.69) is 18.5 Å². The van der Waals surface area contributed by atoms with Crippen LogP contribution in [0.2, 0.25) is 0 Å². The molecule has 0 aliphatic heterocycles. The Kier molecular flexibility index (Phi) is 7.57. The van der Waals surface area contributed by atoms with Crippen molar-refractivity contribution >= 4 is 12.1 Å². The molecule has 0 aromatic rings. The molecule has 0 unspecified atom stereocenters. The first-order valence-corrected chi connectivity index (χ1v) is 4.92. The summed E-state index contributed by atoms with van der Waals surface area (Å²) < 4.78 is 9.51. The zero-order valence-electron chi connectivity index (χ0n) is 9.45. The van der Waals surface area contributed by atoms with E-state index in [1.54, 1.807) is 13.0 Å². The highest BCUT2D eigenvalue weighted by atomic mass is 16.6. The third-order valence-corrected chi connectivity index (χ3v) is 1.51. The molecule has 0 aromatic carbocycles. The van der Waals surface area contributed by atoms with E-state index >= 15 is 0 Å². The lowest BCUT2D eigenvalue weighted by Gasteiger charge is -2.06. The molecule has 0 aliphatic carbocycles. The normalized spacial score (nSPS) is 9.06. The second-order valence-corrected chi connectivity index (χ2v) is 3.06. The van der Waals surface area contributed by atoms with Gasteiger partial charge in [-0.05, 0) is 13.3 Å². The maximum atomic E-state index is 11.0. The average molecular weight is 227 g/mol. The largest absolute Gasteiger partial charge is 0.460 e. The first kappa shape index (κ1) is 14.2. The molecule has 0 saturated heterocycles. The molecule has 1 amide bonds. The highest BCUT2D eigenvalue weighted by Gasteiger charge is 2.03. The molecule has 0 rings (SSSR count). The van der Waals surface area contributed by atoms with E-state index in [4.69, 9.17) is 9.47 Å². The zero-order valence-corrected chi connectivity index (χ0v) is 9.45. The van der Waals surface area contributed by atoms with E-state index in [1.807, 2.05) is 0 Å². The molecule has 0 spiro atoms. The van der Waals surface area contributed by atoms with Gasteiger partial charge in [0.05, 0.1) is 13.2 Å². The molecule has 0 saturated carbocycles. The number of carbonyl (C=O) groups excluding carboxylic acids is 2. The summed E-state index contributed by atoms with van der Waals surface area (Å²) in [7, 11) is 0. The van der Waals surface area contributed by atoms with E-state index < -0.39 is 12.1 Å². The first-order chi connectivity index (χ1) is 7.57. The highest BCUT2D eigenvalue weighted by molar-refractivity contribution is 5.86. The van der Waals surface area contributed by atoms with Crippen LogP contribution in [0.1, 0.15) is 13.3 Å². The summed E-state index contributed by atoms with van der Waals surface area (Å²) in [5.41, 5.74) is 0.327. The topological polar surface area (TPSA) is 64.6 Å². The molecule has 1 N–H and O–H groups in total. The minimum absolute atomic E-state index is 0.0995. The van der Waals surface area contributed by atoms with Crippen LogP contribution in [0.4, 0.5) is 4.79 Å². The molecule has 16 heavy (non-hydrogen) atoms. The minimum atomic E-state index is -0.534. The highest BCUT2D eigenvalue weighted by Crippen LogP contribution is 1.90. The number of carbonyl (C=O) groups is 2. The van der Waals surface area contributed by atoms with Gasteiger partial charge in [0.15, 0.2) is 0 Å². The molecule has 0 bridgehead atoms. The smallest absolute Gasteiger partial charge is 0.407 e. The fourth-order valence-electron chi connectivity index (χ4n) is 0.706. The third-order valence-electron chi connectivity index (χ3n) is 1.51. The van der Waals surface area contributed by atoms with Crippen molar-refractivity contribution in [1.82, 2.24) is 5.32 Å². The number of nitrogens with one attached hydrogen (secondary N) is 1. The number of hydrogen-bond acceptors (Lipinski definition) is 4. The Morgan fingerprint density at radius 3 is 2.56 bits per heavy atom. The number of alkyl carbamates (subject to hydrolysis) is 1. The second kappa shape index (κ2) is 8.52. The van der Waals surface area contributed by atoms with Crippen LogP contribution in [0.15, 0.2) is 24.8 Å². The molecular formula is C11H17NO4. The van der Waals surface area contributed by atoms with Gasteiger partial charge in [0.25, 0.3) is 0 Å². The maximum absolute atomic E-state index is 11.0. The van der Waals surface area contributed by atoms with Gasteiger partial charge in [-0.2, -0.15) is 0 Å². The molecule has 0 fully saturated rings. The number of amides is 1. The van der Waals surface area contributed by atoms with Crippen LogP contribution in [0.25, 0.3) is 0 Å². The summed E-state index contributed by atoms with van der Waals surface area (Å²) in [5.74, 6) is -0.471. The van der Waals surface area contributed by atoms with Crippen LogP contribution >= 0.6 is 0 Å². The molecule has 0 atom stereocenters. The molecule has 5 heteroatoms. The van der Waals surface area contributed by atoms with Gasteiger partial charge in [0, 0.05) is 5.57 Å². The molecule has 5 nitrogen and oxygen atoms in total. The quantitative estimate of drug-likeness (QED) is 0.309. The van der Waals surface area contributed by atoms with Crippen molar-refractivity contribution in [2.45, 2.75) is 13.3 Å². The lowest BCUT2D eigenvalue weighted by molar-refractivity contribution is -0.138. The zero-order chi connectivity index (χ0) is 12.4. The fourth-order valence-corrected chi connectivity index (χ4v) is 0.706. The lowest BCUT2D eigenvalue weighted by atomic mass is 10.4. The van der Waals surface area contributed by atoms with Gasteiger partial charge in [0.2, 0.25) is 0 Å². The first-order valence-electron chi connectivity index (χ1n) is 4.92. The van der Waals surface area contributed by atoms with Crippen LogP contribution in [-0.4, -0.2) is 31.8 Å². The predicted octanol–water partition coefficient (Wildman–Crippen LogP) is 1.41. The van der Waals surface area contributed by atoms with Crippen molar-refractivity contribution < 1.29 is 19.1 Å². The van der Waals surface area contributed by atoms with Gasteiger partial charge in [0.1, 0.15) is 6.61 Å². The summed E-state index contributed by atoms with van der Waals surface area (Å²) in [6.07, 6.45) is 1.73. The van der Waals surface area contributed by atoms with Crippen molar-refractivity contribution in [1.29, 1.82) is 0 Å². The Labute approximate surface area is 95.1 Å². The standard InChI is InChI=1S/C11H17NO4/c1-4-5-7-16-11(14)12-6-8-15-10(13)9(2)3/h4H,1-2,5-8H2,3H3,(H,12,14). The van der Waals surface area contributed by atoms with E-state index in [9.17, 15) is 9.59 Å². The van der Waals surface area contributed by atoms with Gasteiger partial charge in [-0.15, -0.1) is 6.58 Å². The van der Waals surface area contributed by atoms with E-state index in [-0.39, 0.29) is 13.2 Å². The summed E-state index contributed by atoms with van der Waals surface area (Å²) >= 11 is 0. The number of esters is 1. The fraction of sp³-hybridized carbons (Fsp3) is 0.455. The van der Waals surface area contributed by atoms with Gasteiger partial charge in [-0.1, -0.05) is 12.7 Å². The molecule has 0 heterocycles. The van der Waals surface area contributed by atoms with E-state index in [0.29, 0.717) is 18.6 Å². The predicted molar refractivity (Wildman–Crippen MR) is 59.9 cm³/mol. The van der Waals surface area contributed by atoms with Crippen molar-refractivity contribution in [2.75, 3.05) is 19.8 Å². The van der Waals surface area contributed by atoms with E-state index in [1.165, 1.54) is 0 Å². The van der Waals surface area contributed by atoms with Crippen LogP contribution in [0.3, 0.4) is 0 Å². The van der Waals surface area contributed by atoms with Crippen molar-refractivity contribution in [3.8, 4) is 0 Å². The Morgan fingerprint density at radius 2 is 2.00 bits per heavy atom. The van der Waals surface area contributed by atoms with Crippen LogP contribution < -0.4 is 5.32 Å². The molecule has 0 radical (unpaired) electrons. The summed E-state index contributed by atoms with van der Waals surface area (Å²) in [6, 6.07) is 0. The lowest BCUT2D eigenvalue weighted by Crippen LogP contribution is -2.28. The average Bonchev–Trinajstić information content (AvgIpc) is 2.24. The van der Waals surface area contributed by atoms with Gasteiger partial charge in [-0.25, -0.2) is 9.59 Å². The van der Waals surface area contributed by atoms with Crippen molar-refractivity contribution in [3.63, 3.8) is 0 Å². The minimum Gasteiger partial charge on any atom is -0.460 e. The van der Waals surface area contributed by atoms with E-state index in [0.717, 1.165) is 0 Å². The second-order valence-electron chi connectivity index (χ2n) is 3.06. The summed E-state index contributed by atoms with van der Waals surface area (Å²) in [4.78, 5) is 21.9. The Bertz CT molecular complexity index is 273. The Hall–Kier alpha value is -1.78. The van der Waals surface area contributed by atoms with Gasteiger partial charge >= 0.3 is 12.1 Å². The number of ether oxygens (including phenoxy) is 2. The summed E-state index contributed by atoms with van der Waals surface area (Å²) in [6.45, 7) is 9.08. The monoisotopic (exact) mass is 227 g/mol. The molecule has 0 aromatic heterocycles. The van der Waals surface area contributed by atoms with Crippen molar-refractivity contribution in [3.05, 3.63) is 24.8 Å². The SMILES string of the molecule is C=CCCOC(=O)NCCOC(=O)C(=C)C. The summed E-state index contributed by atoms with van der Waals surface area (Å²) in [5, 5.41) is 2.43. The van der Waals surface area contributed by atoms with Crippen molar-refractivity contribution in [2.24, 2.45) is 0 Å². The number of rotatable bonds is 7. The van der Waals surface area contributed by atoms with Crippen LogP contribution in [-0.2, 0) is 14.3 Å². The van der Waals surface area contributed by atoms with Gasteiger partial charge < -0.3 is 14.8 Å². The molecule has 90 valence electrons. The number of hydrogen-bond donors (Lipinski definition) is 1. The van der Waals surface area contributed by atoms with Gasteiger partial charge in [-0.3, -0.25) is 0 Å². The Morgan fingerprint density at radius 1 is 1.31 bits per heavy atom. The third kappa shape index (κ3) is 7.61. The molecular weight excluding hydrogens is 210 g/mol. The maximum Gasteiger partial charge on any atom is 0.407 e. The van der Waals surface area contributed by atoms with Crippen LogP contribution in [0, 0.1) is 0 Å². The molecule has 0 aliphatic rings. The van der Waals surface area contributed by atoms with Crippen LogP contribution in [0.5, 0.6) is 0 Å².